The van der Waals surface area contributed by atoms with Crippen LogP contribution in [0.5, 0.6) is 0 Å². The first-order chi connectivity index (χ1) is 16.1. The van der Waals surface area contributed by atoms with Crippen molar-refractivity contribution in [3.8, 4) is 0 Å². The van der Waals surface area contributed by atoms with Crippen LogP contribution < -0.4 is 4.72 Å². The first-order valence-electron chi connectivity index (χ1n) is 10.4. The second-order valence-electron chi connectivity index (χ2n) is 9.62. The molecule has 0 aromatic heterocycles. The molecule has 0 spiro atoms. The van der Waals surface area contributed by atoms with Crippen molar-refractivity contribution in [2.45, 2.75) is 69.4 Å². The standard InChI is InChI=1S/C18H31NO15S2/c1-16(2)12(19-35(25,26)27)14(22)17(3,11(34-16)6-32-36(28,29)30)7-31-8-18(4)13(21)9(20)5-10(33-18)15(23)24/h5,9,11-14,19-22H,6-8H2,1-4H3,(H,23,24)(H,25,26,27)(H,28,29,30)/t9-,11?,12?,13?,14+,17+,18+/m0/s1. The minimum absolute atomic E-state index is 0.554. The molecule has 1 fully saturated rings. The van der Waals surface area contributed by atoms with Gasteiger partial charge in [0.15, 0.2) is 5.60 Å². The van der Waals surface area contributed by atoms with Crippen LogP contribution in [0.3, 0.4) is 0 Å². The van der Waals surface area contributed by atoms with E-state index < -0.39 is 99.3 Å². The number of carboxylic acid groups (broad SMARTS) is 1. The molecule has 16 nitrogen and oxygen atoms in total. The van der Waals surface area contributed by atoms with Gasteiger partial charge in [-0.2, -0.15) is 21.6 Å². The molecule has 2 rings (SSSR count). The Balaban J connectivity index is 2.33. The number of carbonyl (C=O) groups is 1. The third-order valence-electron chi connectivity index (χ3n) is 6.19. The summed E-state index contributed by atoms with van der Waals surface area (Å²) in [5, 5.41) is 40.6. The number of hydrogen-bond acceptors (Lipinski definition) is 12. The zero-order chi connectivity index (χ0) is 27.9. The normalized spacial score (nSPS) is 37.1. The van der Waals surface area contributed by atoms with Crippen molar-refractivity contribution in [2.24, 2.45) is 5.41 Å². The molecular formula is C18H31NO15S2. The van der Waals surface area contributed by atoms with Crippen molar-refractivity contribution in [2.75, 3.05) is 19.8 Å². The molecule has 0 radical (unpaired) electrons. The fraction of sp³-hybridized carbons (Fsp3) is 0.833. The zero-order valence-electron chi connectivity index (χ0n) is 19.8. The SMILES string of the molecule is CC1(C)OC(COS(=O)(=O)O)[C@@](C)(COC[C@@]2(C)OC(C(=O)O)=C[C@H](O)C2O)[C@H](O)C1NS(=O)(=O)O. The highest BCUT2D eigenvalue weighted by atomic mass is 32.3. The summed E-state index contributed by atoms with van der Waals surface area (Å²) in [5.41, 5.74) is -5.02. The molecule has 2 aliphatic rings. The molecule has 0 amide bonds. The first-order valence-corrected chi connectivity index (χ1v) is 13.2. The average molecular weight is 566 g/mol. The molecule has 0 aliphatic carbocycles. The number of ether oxygens (including phenoxy) is 3. The van der Waals surface area contributed by atoms with Gasteiger partial charge >= 0.3 is 26.7 Å². The number of aliphatic carboxylic acids is 1. The Bertz CT molecular complexity index is 1070. The van der Waals surface area contributed by atoms with Crippen molar-refractivity contribution >= 4 is 26.7 Å². The lowest BCUT2D eigenvalue weighted by molar-refractivity contribution is -0.253. The van der Waals surface area contributed by atoms with Crippen LogP contribution >= 0.6 is 0 Å². The minimum Gasteiger partial charge on any atom is -0.475 e. The van der Waals surface area contributed by atoms with Gasteiger partial charge in [-0.1, -0.05) is 6.92 Å². The molecule has 18 heteroatoms. The predicted molar refractivity (Wildman–Crippen MR) is 117 cm³/mol. The molecule has 1 saturated heterocycles. The molecular weight excluding hydrogens is 534 g/mol. The van der Waals surface area contributed by atoms with Gasteiger partial charge in [0, 0.05) is 5.41 Å². The summed E-state index contributed by atoms with van der Waals surface area (Å²) in [6, 6.07) is -1.49. The Labute approximate surface area is 207 Å². The fourth-order valence-corrected chi connectivity index (χ4v) is 5.13. The highest BCUT2D eigenvalue weighted by Crippen LogP contribution is 2.42. The molecule has 0 aromatic carbocycles. The Morgan fingerprint density at radius 2 is 1.64 bits per heavy atom. The van der Waals surface area contributed by atoms with Crippen LogP contribution in [0.25, 0.3) is 0 Å². The van der Waals surface area contributed by atoms with E-state index in [4.69, 9.17) is 18.8 Å². The minimum atomic E-state index is -4.94. The highest BCUT2D eigenvalue weighted by molar-refractivity contribution is 7.83. The van der Waals surface area contributed by atoms with E-state index in [9.17, 15) is 46.6 Å². The van der Waals surface area contributed by atoms with Gasteiger partial charge in [0.1, 0.15) is 12.2 Å². The molecule has 3 unspecified atom stereocenters. The van der Waals surface area contributed by atoms with E-state index in [0.29, 0.717) is 0 Å². The largest absolute Gasteiger partial charge is 0.475 e. The number of rotatable bonds is 10. The van der Waals surface area contributed by atoms with Gasteiger partial charge in [-0.25, -0.2) is 8.98 Å². The van der Waals surface area contributed by atoms with E-state index in [0.717, 1.165) is 6.08 Å². The second-order valence-corrected chi connectivity index (χ2v) is 11.9. The maximum atomic E-state index is 11.5. The smallest absolute Gasteiger partial charge is 0.397 e. The average Bonchev–Trinajstić information content (AvgIpc) is 2.70. The van der Waals surface area contributed by atoms with Gasteiger partial charge in [0.2, 0.25) is 5.76 Å². The quantitative estimate of drug-likeness (QED) is 0.136. The molecule has 7 N–H and O–H groups in total. The third-order valence-corrected chi connectivity index (χ3v) is 7.18. The lowest BCUT2D eigenvalue weighted by atomic mass is 9.70. The molecule has 0 aromatic rings. The lowest BCUT2D eigenvalue weighted by Crippen LogP contribution is -2.71. The number of nitrogens with one attached hydrogen (secondary N) is 1. The molecule has 2 aliphatic heterocycles. The Hall–Kier alpha value is -1.45. The van der Waals surface area contributed by atoms with Crippen LogP contribution in [0.1, 0.15) is 27.7 Å². The van der Waals surface area contributed by atoms with Crippen LogP contribution in [0.15, 0.2) is 11.8 Å². The van der Waals surface area contributed by atoms with Crippen molar-refractivity contribution in [1.29, 1.82) is 0 Å². The summed E-state index contributed by atoms with van der Waals surface area (Å²) in [4.78, 5) is 11.3. The first kappa shape index (κ1) is 30.8. The van der Waals surface area contributed by atoms with E-state index in [1.807, 2.05) is 4.72 Å². The van der Waals surface area contributed by atoms with Gasteiger partial charge in [0.05, 0.1) is 43.7 Å². The van der Waals surface area contributed by atoms with Crippen molar-refractivity contribution in [3.05, 3.63) is 11.8 Å². The lowest BCUT2D eigenvalue weighted by Gasteiger charge is -2.54. The maximum Gasteiger partial charge on any atom is 0.397 e. The topological polar surface area (TPSA) is 256 Å². The Morgan fingerprint density at radius 1 is 1.06 bits per heavy atom. The van der Waals surface area contributed by atoms with Gasteiger partial charge in [-0.05, 0) is 26.8 Å². The van der Waals surface area contributed by atoms with E-state index >= 15 is 0 Å². The summed E-state index contributed by atoms with van der Waals surface area (Å²) in [6.07, 6.45) is -5.52. The molecule has 2 heterocycles. The van der Waals surface area contributed by atoms with Crippen LogP contribution in [-0.4, -0.2) is 114 Å². The van der Waals surface area contributed by atoms with E-state index in [1.165, 1.54) is 27.7 Å². The number of aliphatic hydroxyl groups excluding tert-OH is 3. The van der Waals surface area contributed by atoms with Crippen LogP contribution in [0.4, 0.5) is 0 Å². The molecule has 210 valence electrons. The third kappa shape index (κ3) is 7.10. The Morgan fingerprint density at radius 3 is 2.14 bits per heavy atom. The highest BCUT2D eigenvalue weighted by Gasteiger charge is 2.58. The van der Waals surface area contributed by atoms with E-state index in [1.54, 1.807) is 0 Å². The van der Waals surface area contributed by atoms with Gasteiger partial charge in [-0.15, -0.1) is 0 Å². The molecule has 0 saturated carbocycles. The molecule has 36 heavy (non-hydrogen) atoms. The molecule has 0 bridgehead atoms. The monoisotopic (exact) mass is 565 g/mol. The second kappa shape index (κ2) is 10.4. The predicted octanol–water partition coefficient (Wildman–Crippen LogP) is -2.39. The summed E-state index contributed by atoms with van der Waals surface area (Å²) in [6.45, 7) is 3.28. The van der Waals surface area contributed by atoms with E-state index in [-0.39, 0.29) is 0 Å². The van der Waals surface area contributed by atoms with Crippen LogP contribution in [0.2, 0.25) is 0 Å². The number of aliphatic hydroxyl groups is 3. The number of carboxylic acids is 1. The van der Waals surface area contributed by atoms with Crippen molar-refractivity contribution in [1.82, 2.24) is 4.72 Å². The van der Waals surface area contributed by atoms with Crippen LogP contribution in [-0.2, 0) is 43.9 Å². The van der Waals surface area contributed by atoms with Crippen molar-refractivity contribution < 1.29 is 69.6 Å². The van der Waals surface area contributed by atoms with E-state index in [2.05, 4.69) is 4.18 Å². The summed E-state index contributed by atoms with van der Waals surface area (Å²) >= 11 is 0. The number of hydrogen-bond donors (Lipinski definition) is 7. The summed E-state index contributed by atoms with van der Waals surface area (Å²) in [5.74, 6) is -2.16. The van der Waals surface area contributed by atoms with Gasteiger partial charge < -0.3 is 34.6 Å². The Kier molecular flexibility index (Phi) is 8.86. The summed E-state index contributed by atoms with van der Waals surface area (Å²) < 4.78 is 86.4. The fourth-order valence-electron chi connectivity index (χ4n) is 4.10. The van der Waals surface area contributed by atoms with Crippen molar-refractivity contribution in [3.63, 3.8) is 0 Å². The van der Waals surface area contributed by atoms with Crippen LogP contribution in [0, 0.1) is 5.41 Å². The summed E-state index contributed by atoms with van der Waals surface area (Å²) in [7, 11) is -9.79. The maximum absolute atomic E-state index is 11.5. The van der Waals surface area contributed by atoms with Gasteiger partial charge in [0.25, 0.3) is 0 Å². The van der Waals surface area contributed by atoms with Gasteiger partial charge in [-0.3, -0.25) is 9.11 Å². The zero-order valence-corrected chi connectivity index (χ0v) is 21.4. The molecule has 7 atom stereocenters.